The second-order valence-electron chi connectivity index (χ2n) is 9.53. The van der Waals surface area contributed by atoms with E-state index in [1.807, 2.05) is 0 Å². The number of hydrogen-bond acceptors (Lipinski definition) is 9. The quantitative estimate of drug-likeness (QED) is 0.176. The number of fused-ring (bicyclic) bond motifs is 7. The van der Waals surface area contributed by atoms with Crippen LogP contribution in [0.25, 0.3) is 0 Å². The molecule has 2 heterocycles. The zero-order valence-electron chi connectivity index (χ0n) is 20.9. The van der Waals surface area contributed by atoms with Crippen molar-refractivity contribution in [3.05, 3.63) is 12.2 Å². The summed E-state index contributed by atoms with van der Waals surface area (Å²) in [6.07, 6.45) is -3.86. The van der Waals surface area contributed by atoms with Gasteiger partial charge in [0.25, 0.3) is 0 Å². The van der Waals surface area contributed by atoms with Gasteiger partial charge in [-0.1, -0.05) is 27.7 Å². The summed E-state index contributed by atoms with van der Waals surface area (Å²) in [6, 6.07) is -2.46. The molecule has 1 saturated carbocycles. The number of allylic oxidation sites excluding steroid dienone is 1. The molecule has 16 heteroatoms. The number of ether oxygens (including phenoxy) is 1. The highest BCUT2D eigenvalue weighted by atomic mass is 33.1. The van der Waals surface area contributed by atoms with Gasteiger partial charge >= 0.3 is 12.1 Å². The van der Waals surface area contributed by atoms with Crippen LogP contribution in [0, 0.1) is 0 Å². The highest BCUT2D eigenvalue weighted by molar-refractivity contribution is 8.76. The Morgan fingerprint density at radius 3 is 2.56 bits per heavy atom. The third kappa shape index (κ3) is 10.2. The average molecular weight is 597 g/mol. The standard InChI is InChI=1S/C23H31F3N4O7S2/c24-23(25,26)12-27-17(32)5-4-14-20(35)29-15-11-39-38-8-2-1-3-13(9-18(33)28-14)37-19(34)10-16(31)22(6-7-22)30-21(15)36/h1,3,13-16,31H,2,4-12H2,(H,27,32)(H,28,33)(H,29,35)(H,30,36)/b3-1-/t13-,14-,15-,16?/m1/s1. The Morgan fingerprint density at radius 2 is 1.87 bits per heavy atom. The van der Waals surface area contributed by atoms with Crippen LogP contribution in [0.1, 0.15) is 44.9 Å². The second kappa shape index (κ2) is 13.7. The van der Waals surface area contributed by atoms with Gasteiger partial charge in [0.05, 0.1) is 24.5 Å². The van der Waals surface area contributed by atoms with Crippen LogP contribution in [-0.4, -0.2) is 88.8 Å². The minimum Gasteiger partial charge on any atom is -0.457 e. The van der Waals surface area contributed by atoms with E-state index in [0.717, 1.165) is 0 Å². The third-order valence-corrected chi connectivity index (χ3v) is 8.74. The van der Waals surface area contributed by atoms with Crippen LogP contribution >= 0.6 is 21.6 Å². The molecule has 218 valence electrons. The van der Waals surface area contributed by atoms with Crippen LogP contribution in [0.2, 0.25) is 0 Å². The van der Waals surface area contributed by atoms with Crippen molar-refractivity contribution in [2.45, 2.75) is 81.0 Å². The maximum atomic E-state index is 13.2. The van der Waals surface area contributed by atoms with E-state index in [2.05, 4.69) is 16.0 Å². The molecular weight excluding hydrogens is 565 g/mol. The molecule has 2 fully saturated rings. The van der Waals surface area contributed by atoms with Gasteiger partial charge in [0, 0.05) is 17.9 Å². The molecule has 4 atom stereocenters. The largest absolute Gasteiger partial charge is 0.457 e. The smallest absolute Gasteiger partial charge is 0.405 e. The van der Waals surface area contributed by atoms with Crippen molar-refractivity contribution >= 4 is 51.2 Å². The van der Waals surface area contributed by atoms with Crippen LogP contribution in [0.3, 0.4) is 0 Å². The summed E-state index contributed by atoms with van der Waals surface area (Å²) in [7, 11) is 2.77. The Labute approximate surface area is 230 Å². The van der Waals surface area contributed by atoms with E-state index >= 15 is 0 Å². The minimum absolute atomic E-state index is 0.134. The van der Waals surface area contributed by atoms with Crippen LogP contribution in [0.4, 0.5) is 13.2 Å². The molecule has 3 rings (SSSR count). The van der Waals surface area contributed by atoms with Crippen molar-refractivity contribution < 1.29 is 47.0 Å². The van der Waals surface area contributed by atoms with Crippen LogP contribution in [0.5, 0.6) is 0 Å². The number of halogens is 3. The summed E-state index contributed by atoms with van der Waals surface area (Å²) < 4.78 is 42.7. The molecule has 11 nitrogen and oxygen atoms in total. The van der Waals surface area contributed by atoms with E-state index in [0.29, 0.717) is 25.0 Å². The normalized spacial score (nSPS) is 29.4. The van der Waals surface area contributed by atoms with Crippen LogP contribution in [0.15, 0.2) is 12.2 Å². The van der Waals surface area contributed by atoms with Gasteiger partial charge in [-0.3, -0.25) is 24.0 Å². The fourth-order valence-corrected chi connectivity index (χ4v) is 6.15. The Hall–Kier alpha value is -2.46. The SMILES string of the molecule is O=C(CC[C@H]1NC(=O)C[C@H]2/C=C\CCSSC[C@@H](NC1=O)C(=O)NC1(CC1)C(O)CC(=O)O2)NCC(F)(F)F. The zero-order chi connectivity index (χ0) is 28.6. The Kier molecular flexibility index (Phi) is 11.0. The number of amides is 4. The minimum atomic E-state index is -4.61. The Bertz CT molecular complexity index is 978. The molecule has 39 heavy (non-hydrogen) atoms. The fourth-order valence-electron chi connectivity index (χ4n) is 3.99. The van der Waals surface area contributed by atoms with Gasteiger partial charge in [-0.2, -0.15) is 13.2 Å². The first kappa shape index (κ1) is 31.1. The number of nitrogens with one attached hydrogen (secondary N) is 4. The molecule has 1 spiro atoms. The van der Waals surface area contributed by atoms with E-state index in [9.17, 15) is 42.3 Å². The lowest BCUT2D eigenvalue weighted by atomic mass is 10.0. The molecule has 0 aromatic rings. The first-order valence-corrected chi connectivity index (χ1v) is 14.9. The molecule has 0 aromatic heterocycles. The first-order valence-electron chi connectivity index (χ1n) is 12.4. The molecule has 0 aromatic carbocycles. The Morgan fingerprint density at radius 1 is 1.13 bits per heavy atom. The van der Waals surface area contributed by atoms with Gasteiger partial charge in [-0.05, 0) is 31.8 Å². The third-order valence-electron chi connectivity index (χ3n) is 6.30. The maximum absolute atomic E-state index is 13.2. The monoisotopic (exact) mass is 596 g/mol. The van der Waals surface area contributed by atoms with E-state index < -0.39 is 85.0 Å². The number of alkyl halides is 3. The summed E-state index contributed by atoms with van der Waals surface area (Å²) in [5, 5.41) is 20.2. The lowest BCUT2D eigenvalue weighted by molar-refractivity contribution is -0.151. The van der Waals surface area contributed by atoms with Crippen molar-refractivity contribution in [3.8, 4) is 0 Å². The van der Waals surface area contributed by atoms with Gasteiger partial charge < -0.3 is 31.1 Å². The summed E-state index contributed by atoms with van der Waals surface area (Å²) >= 11 is 0. The average Bonchev–Trinajstić information content (AvgIpc) is 3.62. The number of carbonyl (C=O) groups excluding carboxylic acids is 5. The molecule has 0 radical (unpaired) electrons. The highest BCUT2D eigenvalue weighted by Gasteiger charge is 2.51. The number of carbonyl (C=O) groups is 5. The molecule has 1 unspecified atom stereocenters. The van der Waals surface area contributed by atoms with E-state index in [1.165, 1.54) is 27.7 Å². The molecule has 2 aliphatic heterocycles. The number of hydrogen-bond donors (Lipinski definition) is 5. The fraction of sp³-hybridized carbons (Fsp3) is 0.696. The first-order chi connectivity index (χ1) is 18.4. The molecule has 1 saturated heterocycles. The zero-order valence-corrected chi connectivity index (χ0v) is 22.5. The summed E-state index contributed by atoms with van der Waals surface area (Å²) in [5.41, 5.74) is -1.05. The topological polar surface area (TPSA) is 163 Å². The molecule has 3 aliphatic rings. The van der Waals surface area contributed by atoms with E-state index in [1.54, 1.807) is 11.4 Å². The number of esters is 1. The molecule has 2 bridgehead atoms. The van der Waals surface area contributed by atoms with Crippen LogP contribution in [-0.2, 0) is 28.7 Å². The summed E-state index contributed by atoms with van der Waals surface area (Å²) in [4.78, 5) is 63.7. The molecule has 4 amide bonds. The maximum Gasteiger partial charge on any atom is 0.405 e. The van der Waals surface area contributed by atoms with Crippen molar-refractivity contribution in [3.63, 3.8) is 0 Å². The molecular formula is C23H31F3N4O7S2. The number of rotatable bonds is 4. The van der Waals surface area contributed by atoms with Crippen molar-refractivity contribution in [2.75, 3.05) is 18.1 Å². The van der Waals surface area contributed by atoms with Crippen molar-refractivity contribution in [1.29, 1.82) is 0 Å². The summed E-state index contributed by atoms with van der Waals surface area (Å²) in [5.74, 6) is -3.12. The lowest BCUT2D eigenvalue weighted by Crippen LogP contribution is -2.58. The molecule has 1 aliphatic carbocycles. The van der Waals surface area contributed by atoms with Gasteiger partial charge in [0.15, 0.2) is 0 Å². The second-order valence-corrected chi connectivity index (χ2v) is 12.2. The van der Waals surface area contributed by atoms with Crippen molar-refractivity contribution in [1.82, 2.24) is 21.3 Å². The number of aliphatic hydroxyl groups is 1. The lowest BCUT2D eigenvalue weighted by Gasteiger charge is -2.27. The predicted octanol–water partition coefficient (Wildman–Crippen LogP) is 0.471. The van der Waals surface area contributed by atoms with Gasteiger partial charge in [-0.25, -0.2) is 0 Å². The van der Waals surface area contributed by atoms with E-state index in [4.69, 9.17) is 4.74 Å². The van der Waals surface area contributed by atoms with Gasteiger partial charge in [0.2, 0.25) is 23.6 Å². The van der Waals surface area contributed by atoms with Crippen molar-refractivity contribution in [2.24, 2.45) is 0 Å². The van der Waals surface area contributed by atoms with E-state index in [-0.39, 0.29) is 18.6 Å². The van der Waals surface area contributed by atoms with Gasteiger partial charge in [0.1, 0.15) is 24.7 Å². The van der Waals surface area contributed by atoms with Gasteiger partial charge in [-0.15, -0.1) is 0 Å². The predicted molar refractivity (Wildman–Crippen MR) is 136 cm³/mol. The number of aliphatic hydroxyl groups excluding tert-OH is 1. The highest BCUT2D eigenvalue weighted by Crippen LogP contribution is 2.40. The van der Waals surface area contributed by atoms with Crippen LogP contribution < -0.4 is 21.3 Å². The summed E-state index contributed by atoms with van der Waals surface area (Å²) in [6.45, 7) is -1.54. The Balaban J connectivity index is 1.86. The molecule has 5 N–H and O–H groups in total.